The van der Waals surface area contributed by atoms with Crippen LogP contribution >= 0.6 is 0 Å². The second-order valence-corrected chi connectivity index (χ2v) is 5.42. The van der Waals surface area contributed by atoms with Crippen LogP contribution < -0.4 is 0 Å². The molecule has 0 nitrogen and oxygen atoms in total. The van der Waals surface area contributed by atoms with Crippen LogP contribution in [0.3, 0.4) is 0 Å². The highest BCUT2D eigenvalue weighted by atomic mass is 14.2. The van der Waals surface area contributed by atoms with Crippen LogP contribution in [0.25, 0.3) is 22.3 Å². The molecule has 3 aromatic rings. The third-order valence-corrected chi connectivity index (χ3v) is 3.47. The molecule has 0 radical (unpaired) electrons. The smallest absolute Gasteiger partial charge is 0.0622 e. The van der Waals surface area contributed by atoms with Crippen molar-refractivity contribution in [1.82, 2.24) is 0 Å². The first-order valence-corrected chi connectivity index (χ1v) is 7.19. The molecule has 0 spiro atoms. The van der Waals surface area contributed by atoms with Gasteiger partial charge < -0.3 is 0 Å². The molecule has 0 heterocycles. The number of hydrogen-bond donors (Lipinski definition) is 0. The summed E-state index contributed by atoms with van der Waals surface area (Å²) in [5, 5.41) is 0. The summed E-state index contributed by atoms with van der Waals surface area (Å²) in [4.78, 5) is 0. The monoisotopic (exact) mass is 295 g/mol. The first-order valence-electron chi connectivity index (χ1n) is 11.7. The molecule has 0 aromatic heterocycles. The fourth-order valence-electron chi connectivity index (χ4n) is 2.58. The standard InChI is InChI=1S/C22H22/c1-16(2)22-20(18-10-5-4-6-11-18)13-8-14-21(22)19-12-7-9-17(3)15-19/h4-16H,1-3H3/i4D,5D,6D,7D,9D,10D,11D,12D,15D. The molecule has 0 heteroatoms. The zero-order valence-electron chi connectivity index (χ0n) is 21.8. The van der Waals surface area contributed by atoms with E-state index in [1.165, 1.54) is 0 Å². The molecule has 0 N–H and O–H groups in total. The molecule has 110 valence electrons. The fourth-order valence-corrected chi connectivity index (χ4v) is 2.58. The van der Waals surface area contributed by atoms with Crippen molar-refractivity contribution in [2.45, 2.75) is 26.7 Å². The normalized spacial score (nSPS) is 16.6. The zero-order valence-corrected chi connectivity index (χ0v) is 12.8. The van der Waals surface area contributed by atoms with Gasteiger partial charge in [0.25, 0.3) is 0 Å². The molecule has 3 rings (SSSR count). The Labute approximate surface area is 146 Å². The van der Waals surface area contributed by atoms with E-state index in [1.54, 1.807) is 25.1 Å². The van der Waals surface area contributed by atoms with Gasteiger partial charge in [-0.05, 0) is 40.7 Å². The molecule has 0 aliphatic heterocycles. The maximum Gasteiger partial charge on any atom is 0.0632 e. The van der Waals surface area contributed by atoms with E-state index in [2.05, 4.69) is 0 Å². The van der Waals surface area contributed by atoms with E-state index in [1.807, 2.05) is 13.8 Å². The van der Waals surface area contributed by atoms with Gasteiger partial charge in [0.15, 0.2) is 0 Å². The Morgan fingerprint density at radius 1 is 0.818 bits per heavy atom. The summed E-state index contributed by atoms with van der Waals surface area (Å²) in [6.45, 7) is 5.34. The highest BCUT2D eigenvalue weighted by molar-refractivity contribution is 5.79. The van der Waals surface area contributed by atoms with Gasteiger partial charge in [0.2, 0.25) is 0 Å². The van der Waals surface area contributed by atoms with Crippen LogP contribution in [0.15, 0.2) is 72.6 Å². The first-order chi connectivity index (χ1) is 14.4. The Hall–Kier alpha value is -2.34. The van der Waals surface area contributed by atoms with Crippen LogP contribution in [-0.4, -0.2) is 0 Å². The molecule has 0 aliphatic rings. The van der Waals surface area contributed by atoms with Gasteiger partial charge in [0.1, 0.15) is 0 Å². The van der Waals surface area contributed by atoms with Gasteiger partial charge in [-0.2, -0.15) is 0 Å². The number of rotatable bonds is 3. The molecular weight excluding hydrogens is 264 g/mol. The minimum atomic E-state index is -0.469. The van der Waals surface area contributed by atoms with Crippen LogP contribution in [0.4, 0.5) is 0 Å². The Bertz CT molecular complexity index is 1070. The first kappa shape index (κ1) is 7.28. The lowest BCUT2D eigenvalue weighted by Crippen LogP contribution is -1.97. The van der Waals surface area contributed by atoms with Gasteiger partial charge in [0, 0.05) is 0 Å². The summed E-state index contributed by atoms with van der Waals surface area (Å²) < 4.78 is 73.7. The Morgan fingerprint density at radius 3 is 2.14 bits per heavy atom. The van der Waals surface area contributed by atoms with E-state index in [4.69, 9.17) is 12.3 Å². The van der Waals surface area contributed by atoms with Crippen LogP contribution in [0, 0.1) is 6.92 Å². The van der Waals surface area contributed by atoms with Crippen molar-refractivity contribution in [2.24, 2.45) is 0 Å². The van der Waals surface area contributed by atoms with Crippen LogP contribution in [0.1, 0.15) is 43.2 Å². The second-order valence-electron chi connectivity index (χ2n) is 5.42. The predicted molar refractivity (Wildman–Crippen MR) is 96.1 cm³/mol. The van der Waals surface area contributed by atoms with Gasteiger partial charge in [-0.25, -0.2) is 0 Å². The quantitative estimate of drug-likeness (QED) is 0.520. The van der Waals surface area contributed by atoms with Gasteiger partial charge in [0.05, 0.1) is 12.3 Å². The Morgan fingerprint density at radius 2 is 1.45 bits per heavy atom. The van der Waals surface area contributed by atoms with E-state index >= 15 is 0 Å². The molecule has 0 fully saturated rings. The average Bonchev–Trinajstić information content (AvgIpc) is 2.73. The lowest BCUT2D eigenvalue weighted by molar-refractivity contribution is 0.871. The second kappa shape index (κ2) is 6.19. The van der Waals surface area contributed by atoms with Crippen LogP contribution in [0.2, 0.25) is 0 Å². The SMILES string of the molecule is [2H]c1c([2H])c([2H])c(-c2cccc(-c3c([2H])c([2H])c([2H])c(C)c3[2H])c2C(C)C)c([2H])c1[2H]. The van der Waals surface area contributed by atoms with Crippen LogP contribution in [0.5, 0.6) is 0 Å². The van der Waals surface area contributed by atoms with Crippen molar-refractivity contribution in [3.8, 4) is 22.3 Å². The lowest BCUT2D eigenvalue weighted by atomic mass is 9.85. The molecule has 0 amide bonds. The van der Waals surface area contributed by atoms with Crippen molar-refractivity contribution < 1.29 is 12.3 Å². The van der Waals surface area contributed by atoms with E-state index < -0.39 is 18.1 Å². The molecule has 0 unspecified atom stereocenters. The van der Waals surface area contributed by atoms with Gasteiger partial charge >= 0.3 is 0 Å². The van der Waals surface area contributed by atoms with Gasteiger partial charge in [-0.1, -0.05) is 92.0 Å². The Kier molecular flexibility index (Phi) is 2.05. The van der Waals surface area contributed by atoms with Crippen molar-refractivity contribution in [3.63, 3.8) is 0 Å². The molecule has 0 aliphatic carbocycles. The topological polar surface area (TPSA) is 0 Å². The average molecular weight is 295 g/mol. The maximum atomic E-state index is 8.52. The third-order valence-electron chi connectivity index (χ3n) is 3.47. The highest BCUT2D eigenvalue weighted by Crippen LogP contribution is 2.37. The summed E-state index contributed by atoms with van der Waals surface area (Å²) >= 11 is 0. The fraction of sp³-hybridized carbons (Fsp3) is 0.182. The van der Waals surface area contributed by atoms with E-state index in [9.17, 15) is 0 Å². The van der Waals surface area contributed by atoms with Crippen molar-refractivity contribution in [3.05, 3.63) is 83.7 Å². The van der Waals surface area contributed by atoms with E-state index in [0.29, 0.717) is 22.3 Å². The van der Waals surface area contributed by atoms with Crippen LogP contribution in [-0.2, 0) is 0 Å². The third kappa shape index (κ3) is 2.82. The largest absolute Gasteiger partial charge is 0.0632 e. The Balaban J connectivity index is 2.49. The summed E-state index contributed by atoms with van der Waals surface area (Å²) in [6.07, 6.45) is 0. The van der Waals surface area contributed by atoms with Crippen molar-refractivity contribution in [1.29, 1.82) is 0 Å². The van der Waals surface area contributed by atoms with E-state index in [0.717, 1.165) is 0 Å². The summed E-state index contributed by atoms with van der Waals surface area (Å²) in [6, 6.07) is 2.39. The predicted octanol–water partition coefficient (Wildman–Crippen LogP) is 6.45. The molecule has 0 bridgehead atoms. The lowest BCUT2D eigenvalue weighted by Gasteiger charge is -2.19. The minimum Gasteiger partial charge on any atom is -0.0622 e. The maximum absolute atomic E-state index is 8.52. The summed E-state index contributed by atoms with van der Waals surface area (Å²) in [7, 11) is 0. The molecule has 0 saturated carbocycles. The minimum absolute atomic E-state index is 0.0221. The van der Waals surface area contributed by atoms with E-state index in [-0.39, 0.29) is 53.3 Å². The van der Waals surface area contributed by atoms with Crippen molar-refractivity contribution in [2.75, 3.05) is 0 Å². The molecule has 3 aromatic carbocycles. The molecule has 0 atom stereocenters. The van der Waals surface area contributed by atoms with Gasteiger partial charge in [-0.3, -0.25) is 0 Å². The zero-order chi connectivity index (χ0) is 23.4. The highest BCUT2D eigenvalue weighted by Gasteiger charge is 2.14. The molecular formula is C22H22. The summed E-state index contributed by atoms with van der Waals surface area (Å²) in [5.41, 5.74) is 2.11. The summed E-state index contributed by atoms with van der Waals surface area (Å²) in [5.74, 6) is -0.173. The molecule has 0 saturated heterocycles. The molecule has 22 heavy (non-hydrogen) atoms. The number of benzene rings is 3. The van der Waals surface area contributed by atoms with Crippen molar-refractivity contribution >= 4 is 0 Å². The van der Waals surface area contributed by atoms with Gasteiger partial charge in [-0.15, -0.1) is 0 Å². The number of hydrogen-bond acceptors (Lipinski definition) is 0.